The predicted molar refractivity (Wildman–Crippen MR) is 107 cm³/mol. The second kappa shape index (κ2) is 8.34. The first-order chi connectivity index (χ1) is 13.9. The fourth-order valence-corrected chi connectivity index (χ4v) is 2.63. The highest BCUT2D eigenvalue weighted by Gasteiger charge is 2.17. The predicted octanol–water partition coefficient (Wildman–Crippen LogP) is 2.68. The van der Waals surface area contributed by atoms with E-state index in [2.05, 4.69) is 21.0 Å². The number of para-hydroxylation sites is 1. The van der Waals surface area contributed by atoms with Gasteiger partial charge >= 0.3 is 6.03 Å². The fourth-order valence-electron chi connectivity index (χ4n) is 2.63. The molecule has 3 rings (SSSR count). The fraction of sp³-hybridized carbons (Fsp3) is 0.100. The molecule has 0 aliphatic heterocycles. The van der Waals surface area contributed by atoms with Crippen molar-refractivity contribution in [3.63, 3.8) is 0 Å². The van der Waals surface area contributed by atoms with E-state index in [-0.39, 0.29) is 11.4 Å². The molecule has 1 aromatic heterocycles. The van der Waals surface area contributed by atoms with E-state index in [4.69, 9.17) is 0 Å². The van der Waals surface area contributed by atoms with Crippen LogP contribution < -0.4 is 21.4 Å². The molecule has 8 nitrogen and oxygen atoms in total. The molecule has 2 aromatic carbocycles. The molecule has 3 N–H and O–H groups in total. The van der Waals surface area contributed by atoms with E-state index in [1.165, 1.54) is 42.1 Å². The van der Waals surface area contributed by atoms with E-state index >= 15 is 0 Å². The maximum Gasteiger partial charge on any atom is 0.318 e. The molecular formula is C20H18FN5O3. The first-order valence-corrected chi connectivity index (χ1v) is 8.65. The van der Waals surface area contributed by atoms with Crippen LogP contribution in [0, 0.1) is 12.7 Å². The average Bonchev–Trinajstić information content (AvgIpc) is 2.69. The summed E-state index contributed by atoms with van der Waals surface area (Å²) < 4.78 is 15.3. The Labute approximate surface area is 165 Å². The zero-order valence-electron chi connectivity index (χ0n) is 15.7. The van der Waals surface area contributed by atoms with Crippen molar-refractivity contribution in [2.24, 2.45) is 0 Å². The molecule has 0 saturated carbocycles. The third kappa shape index (κ3) is 4.46. The van der Waals surface area contributed by atoms with Crippen LogP contribution in [0.5, 0.6) is 0 Å². The minimum atomic E-state index is -0.753. The largest absolute Gasteiger partial charge is 0.341 e. The maximum atomic E-state index is 14.1. The zero-order chi connectivity index (χ0) is 21.0. The highest BCUT2D eigenvalue weighted by Crippen LogP contribution is 2.16. The van der Waals surface area contributed by atoms with Gasteiger partial charge in [-0.05, 0) is 37.3 Å². The van der Waals surface area contributed by atoms with Crippen LogP contribution in [0.2, 0.25) is 0 Å². The number of amides is 3. The van der Waals surface area contributed by atoms with E-state index in [1.54, 1.807) is 31.2 Å². The van der Waals surface area contributed by atoms with Crippen LogP contribution in [0.25, 0.3) is 5.69 Å². The van der Waals surface area contributed by atoms with Gasteiger partial charge in [-0.15, -0.1) is 0 Å². The van der Waals surface area contributed by atoms with Gasteiger partial charge in [-0.25, -0.2) is 13.9 Å². The molecule has 0 fully saturated rings. The van der Waals surface area contributed by atoms with E-state index in [1.807, 2.05) is 0 Å². The number of hydrogen-bond donors (Lipinski definition) is 3. The molecule has 0 aliphatic rings. The van der Waals surface area contributed by atoms with Crippen molar-refractivity contribution in [3.05, 3.63) is 82.0 Å². The topological polar surface area (TPSA) is 105 Å². The summed E-state index contributed by atoms with van der Waals surface area (Å²) in [5.74, 6) is -1.29. The number of aryl methyl sites for hydroxylation is 1. The molecule has 1 heterocycles. The molecule has 148 valence electrons. The second-order valence-corrected chi connectivity index (χ2v) is 6.10. The Balaban J connectivity index is 1.91. The lowest BCUT2D eigenvalue weighted by atomic mass is 10.2. The third-order valence-electron chi connectivity index (χ3n) is 4.01. The summed E-state index contributed by atoms with van der Waals surface area (Å²) in [4.78, 5) is 36.3. The molecule has 9 heteroatoms. The Morgan fingerprint density at radius 2 is 1.69 bits per heavy atom. The summed E-state index contributed by atoms with van der Waals surface area (Å²) in [6.07, 6.45) is 0. The summed E-state index contributed by atoms with van der Waals surface area (Å²) in [5.41, 5.74) is 0.325. The van der Waals surface area contributed by atoms with Crippen LogP contribution >= 0.6 is 0 Å². The lowest BCUT2D eigenvalue weighted by Gasteiger charge is -2.12. The Kier molecular flexibility index (Phi) is 5.68. The van der Waals surface area contributed by atoms with Gasteiger partial charge < -0.3 is 16.0 Å². The normalized spacial score (nSPS) is 10.3. The van der Waals surface area contributed by atoms with Crippen molar-refractivity contribution in [2.45, 2.75) is 6.92 Å². The van der Waals surface area contributed by atoms with Crippen LogP contribution in [0.4, 0.5) is 20.6 Å². The smallest absolute Gasteiger partial charge is 0.318 e. The summed E-state index contributed by atoms with van der Waals surface area (Å²) in [6.45, 7) is 1.59. The Morgan fingerprint density at radius 3 is 2.38 bits per heavy atom. The number of benzene rings is 2. The summed E-state index contributed by atoms with van der Waals surface area (Å²) in [5, 5.41) is 11.6. The van der Waals surface area contributed by atoms with Gasteiger partial charge in [0, 0.05) is 30.2 Å². The summed E-state index contributed by atoms with van der Waals surface area (Å²) in [6, 6.07) is 13.1. The monoisotopic (exact) mass is 395 g/mol. The number of urea groups is 1. The molecule has 0 spiro atoms. The number of halogens is 1. The first kappa shape index (κ1) is 19.7. The molecule has 0 bridgehead atoms. The van der Waals surface area contributed by atoms with Crippen LogP contribution in [-0.4, -0.2) is 28.8 Å². The molecule has 0 saturated heterocycles. The minimum Gasteiger partial charge on any atom is -0.341 e. The Bertz CT molecular complexity index is 1140. The Morgan fingerprint density at radius 1 is 1.00 bits per heavy atom. The van der Waals surface area contributed by atoms with E-state index in [0.717, 1.165) is 0 Å². The van der Waals surface area contributed by atoms with Gasteiger partial charge in [-0.1, -0.05) is 18.2 Å². The maximum absolute atomic E-state index is 14.1. The van der Waals surface area contributed by atoms with Gasteiger partial charge in [-0.2, -0.15) is 5.10 Å². The van der Waals surface area contributed by atoms with Gasteiger partial charge in [0.2, 0.25) is 5.43 Å². The second-order valence-electron chi connectivity index (χ2n) is 6.10. The van der Waals surface area contributed by atoms with Crippen molar-refractivity contribution in [1.82, 2.24) is 15.1 Å². The van der Waals surface area contributed by atoms with Crippen LogP contribution in [0.15, 0.2) is 59.4 Å². The van der Waals surface area contributed by atoms with Crippen molar-refractivity contribution in [3.8, 4) is 5.69 Å². The quantitative estimate of drug-likeness (QED) is 0.632. The lowest BCUT2D eigenvalue weighted by Crippen LogP contribution is -2.27. The van der Waals surface area contributed by atoms with Gasteiger partial charge in [-0.3, -0.25) is 9.59 Å². The van der Waals surface area contributed by atoms with Crippen molar-refractivity contribution in [1.29, 1.82) is 0 Å². The number of anilines is 2. The number of rotatable bonds is 4. The SMILES string of the molecule is CNC(=O)Nc1cccc(NC(=O)c2nn(-c3ccccc3F)c(C)cc2=O)c1. The molecule has 29 heavy (non-hydrogen) atoms. The van der Waals surface area contributed by atoms with Crippen molar-refractivity contribution in [2.75, 3.05) is 17.7 Å². The molecule has 0 atom stereocenters. The van der Waals surface area contributed by atoms with Crippen molar-refractivity contribution < 1.29 is 14.0 Å². The van der Waals surface area contributed by atoms with Crippen LogP contribution in [0.1, 0.15) is 16.2 Å². The van der Waals surface area contributed by atoms with Crippen LogP contribution in [-0.2, 0) is 0 Å². The number of aromatic nitrogens is 2. The number of carbonyl (C=O) groups excluding carboxylic acids is 2. The molecule has 0 unspecified atom stereocenters. The van der Waals surface area contributed by atoms with Crippen LogP contribution in [0.3, 0.4) is 0 Å². The van der Waals surface area contributed by atoms with E-state index in [0.29, 0.717) is 17.1 Å². The molecular weight excluding hydrogens is 377 g/mol. The third-order valence-corrected chi connectivity index (χ3v) is 4.01. The molecule has 3 aromatic rings. The zero-order valence-corrected chi connectivity index (χ0v) is 15.7. The Hall–Kier alpha value is -4.01. The number of nitrogens with one attached hydrogen (secondary N) is 3. The minimum absolute atomic E-state index is 0.121. The number of carbonyl (C=O) groups is 2. The highest BCUT2D eigenvalue weighted by molar-refractivity contribution is 6.03. The summed E-state index contributed by atoms with van der Waals surface area (Å²) in [7, 11) is 1.48. The highest BCUT2D eigenvalue weighted by atomic mass is 19.1. The van der Waals surface area contributed by atoms with Crippen molar-refractivity contribution >= 4 is 23.3 Å². The standard InChI is InChI=1S/C20H18FN5O3/c1-12-10-17(27)18(25-26(12)16-9-4-3-8-15(16)21)19(28)23-13-6-5-7-14(11-13)24-20(29)22-2/h3-11H,1-2H3,(H,23,28)(H2,22,24,29). The van der Waals surface area contributed by atoms with E-state index < -0.39 is 23.2 Å². The first-order valence-electron chi connectivity index (χ1n) is 8.65. The van der Waals surface area contributed by atoms with Gasteiger partial charge in [0.15, 0.2) is 5.69 Å². The summed E-state index contributed by atoms with van der Waals surface area (Å²) >= 11 is 0. The molecule has 0 aliphatic carbocycles. The van der Waals surface area contributed by atoms with Gasteiger partial charge in [0.1, 0.15) is 11.5 Å². The molecule has 3 amide bonds. The average molecular weight is 395 g/mol. The number of nitrogens with zero attached hydrogens (tertiary/aromatic N) is 2. The van der Waals surface area contributed by atoms with Gasteiger partial charge in [0.25, 0.3) is 5.91 Å². The lowest BCUT2D eigenvalue weighted by molar-refractivity contribution is 0.101. The number of hydrogen-bond acceptors (Lipinski definition) is 4. The van der Waals surface area contributed by atoms with Gasteiger partial charge in [0.05, 0.1) is 0 Å². The molecule has 0 radical (unpaired) electrons. The van der Waals surface area contributed by atoms with E-state index in [9.17, 15) is 18.8 Å².